The topological polar surface area (TPSA) is 118 Å². The van der Waals surface area contributed by atoms with Gasteiger partial charge < -0.3 is 0 Å². The average molecular weight is 437 g/mol. The highest BCUT2D eigenvalue weighted by molar-refractivity contribution is 7.92. The maximum atomic E-state index is 13.3. The van der Waals surface area contributed by atoms with E-state index < -0.39 is 41.8 Å². The monoisotopic (exact) mass is 436 g/mol. The molecule has 0 bridgehead atoms. The number of aryl methyl sites for hydroxylation is 2. The first kappa shape index (κ1) is 20.7. The number of nitrogens with one attached hydrogen (secondary N) is 1. The van der Waals surface area contributed by atoms with E-state index >= 15 is 0 Å². The van der Waals surface area contributed by atoms with Gasteiger partial charge >= 0.3 is 0 Å². The van der Waals surface area contributed by atoms with Crippen molar-refractivity contribution in [1.82, 2.24) is 9.84 Å². The van der Waals surface area contributed by atoms with E-state index in [1.807, 2.05) is 6.92 Å². The molecule has 2 aliphatic rings. The predicted octanol–water partition coefficient (Wildman–Crippen LogP) is 0.173. The van der Waals surface area contributed by atoms with Crippen LogP contribution in [0.1, 0.15) is 24.0 Å². The maximum absolute atomic E-state index is 13.3. The lowest BCUT2D eigenvalue weighted by Crippen LogP contribution is -2.54. The molecule has 0 unspecified atom stereocenters. The van der Waals surface area contributed by atoms with Gasteiger partial charge in [-0.15, -0.1) is 4.41 Å². The number of hydrazine groups is 1. The molecule has 2 saturated heterocycles. The van der Waals surface area contributed by atoms with Gasteiger partial charge in [0.05, 0.1) is 33.9 Å². The summed E-state index contributed by atoms with van der Waals surface area (Å²) in [4.78, 5) is 0.0586. The van der Waals surface area contributed by atoms with Crippen LogP contribution >= 0.6 is 0 Å². The number of rotatable bonds is 5. The van der Waals surface area contributed by atoms with Gasteiger partial charge in [0.2, 0.25) is 0 Å². The molecule has 152 valence electrons. The van der Waals surface area contributed by atoms with Crippen LogP contribution in [0.4, 0.5) is 0 Å². The molecular formula is C16H24N2O6S3. The SMILES string of the molecule is Cc1ccc(S(=O)(=O)N(N[C@@H]2CCS(=O)(=O)C2)[C@H]2CCS(=O)(=O)C2)cc1C. The molecule has 0 radical (unpaired) electrons. The molecule has 2 atom stereocenters. The molecule has 0 amide bonds. The van der Waals surface area contributed by atoms with E-state index in [1.54, 1.807) is 19.1 Å². The molecule has 8 nitrogen and oxygen atoms in total. The van der Waals surface area contributed by atoms with Crippen molar-refractivity contribution in [3.8, 4) is 0 Å². The highest BCUT2D eigenvalue weighted by atomic mass is 32.2. The highest BCUT2D eigenvalue weighted by Gasteiger charge is 2.41. The summed E-state index contributed by atoms with van der Waals surface area (Å²) in [6.45, 7) is 3.67. The van der Waals surface area contributed by atoms with Crippen LogP contribution in [-0.4, -0.2) is 64.8 Å². The molecule has 0 saturated carbocycles. The van der Waals surface area contributed by atoms with Crippen molar-refractivity contribution >= 4 is 29.7 Å². The van der Waals surface area contributed by atoms with E-state index in [1.165, 1.54) is 6.07 Å². The second kappa shape index (κ2) is 7.11. The molecule has 1 N–H and O–H groups in total. The lowest BCUT2D eigenvalue weighted by Gasteiger charge is -2.30. The normalized spacial score (nSPS) is 27.2. The van der Waals surface area contributed by atoms with Gasteiger partial charge in [0.1, 0.15) is 0 Å². The Kier molecular flexibility index (Phi) is 5.45. The Hall–Kier alpha value is -1.01. The first-order valence-corrected chi connectivity index (χ1v) is 13.8. The molecule has 2 heterocycles. The summed E-state index contributed by atoms with van der Waals surface area (Å²) in [5, 5.41) is 0. The Labute approximate surface area is 160 Å². The zero-order valence-corrected chi connectivity index (χ0v) is 17.7. The summed E-state index contributed by atoms with van der Waals surface area (Å²) in [5.74, 6) is -0.526. The minimum atomic E-state index is -4.04. The number of sulfonamides is 1. The van der Waals surface area contributed by atoms with E-state index in [2.05, 4.69) is 5.43 Å². The van der Waals surface area contributed by atoms with Gasteiger partial charge in [0.25, 0.3) is 10.0 Å². The first-order chi connectivity index (χ1) is 12.4. The number of benzene rings is 1. The summed E-state index contributed by atoms with van der Waals surface area (Å²) in [7, 11) is -10.6. The van der Waals surface area contributed by atoms with Crippen LogP contribution in [-0.2, 0) is 29.7 Å². The third kappa shape index (κ3) is 4.53. The Balaban J connectivity index is 1.96. The van der Waals surface area contributed by atoms with Crippen LogP contribution in [0, 0.1) is 13.8 Å². The highest BCUT2D eigenvalue weighted by Crippen LogP contribution is 2.26. The summed E-state index contributed by atoms with van der Waals surface area (Å²) in [6.07, 6.45) is 0.472. The molecule has 11 heteroatoms. The number of sulfone groups is 2. The molecule has 1 aromatic rings. The van der Waals surface area contributed by atoms with Crippen LogP contribution in [0.25, 0.3) is 0 Å². The zero-order chi connectivity index (χ0) is 20.0. The van der Waals surface area contributed by atoms with Crippen LogP contribution in [0.2, 0.25) is 0 Å². The summed E-state index contributed by atoms with van der Waals surface area (Å²) < 4.78 is 74.8. The first-order valence-electron chi connectivity index (χ1n) is 8.68. The molecular weight excluding hydrogens is 412 g/mol. The standard InChI is InChI=1S/C16H24N2O6S3/c1-12-3-4-16(9-13(12)2)27(23,24)18(15-6-8-26(21,22)11-15)17-14-5-7-25(19,20)10-14/h3-4,9,14-15,17H,5-8,10-11H2,1-2H3/t14-,15+/m1/s1. The second-order valence-corrected chi connectivity index (χ2v) is 13.6. The number of hydrogen-bond donors (Lipinski definition) is 1. The van der Waals surface area contributed by atoms with Gasteiger partial charge in [-0.05, 0) is 49.9 Å². The Morgan fingerprint density at radius 1 is 0.963 bits per heavy atom. The van der Waals surface area contributed by atoms with Crippen molar-refractivity contribution in [2.24, 2.45) is 0 Å². The molecule has 1 aromatic carbocycles. The fraction of sp³-hybridized carbons (Fsp3) is 0.625. The lowest BCUT2D eigenvalue weighted by molar-refractivity contribution is 0.229. The van der Waals surface area contributed by atoms with Gasteiger partial charge in [-0.1, -0.05) is 6.07 Å². The van der Waals surface area contributed by atoms with Crippen LogP contribution < -0.4 is 5.43 Å². The summed E-state index contributed by atoms with van der Waals surface area (Å²) in [6, 6.07) is 3.42. The van der Waals surface area contributed by atoms with Gasteiger partial charge in [0, 0.05) is 6.04 Å². The predicted molar refractivity (Wildman–Crippen MR) is 102 cm³/mol. The molecule has 27 heavy (non-hydrogen) atoms. The number of hydrogen-bond acceptors (Lipinski definition) is 7. The largest absolute Gasteiger partial charge is 0.256 e. The van der Waals surface area contributed by atoms with Crippen molar-refractivity contribution in [3.05, 3.63) is 29.3 Å². The third-order valence-electron chi connectivity index (χ3n) is 5.12. The minimum absolute atomic E-state index is 0.00877. The summed E-state index contributed by atoms with van der Waals surface area (Å²) in [5.41, 5.74) is 4.57. The second-order valence-electron chi connectivity index (χ2n) is 7.33. The lowest BCUT2D eigenvalue weighted by atomic mass is 10.1. The molecule has 2 fully saturated rings. The van der Waals surface area contributed by atoms with E-state index in [0.29, 0.717) is 6.42 Å². The van der Waals surface area contributed by atoms with Crippen molar-refractivity contribution in [1.29, 1.82) is 0 Å². The van der Waals surface area contributed by atoms with E-state index in [0.717, 1.165) is 15.5 Å². The Morgan fingerprint density at radius 2 is 1.59 bits per heavy atom. The molecule has 0 aromatic heterocycles. The van der Waals surface area contributed by atoms with Gasteiger partial charge in [-0.2, -0.15) is 0 Å². The maximum Gasteiger partial charge on any atom is 0.256 e. The molecule has 2 aliphatic heterocycles. The van der Waals surface area contributed by atoms with Gasteiger partial charge in [-0.25, -0.2) is 30.7 Å². The van der Waals surface area contributed by atoms with Crippen LogP contribution in [0.5, 0.6) is 0 Å². The van der Waals surface area contributed by atoms with Crippen LogP contribution in [0.3, 0.4) is 0 Å². The van der Waals surface area contributed by atoms with E-state index in [4.69, 9.17) is 0 Å². The zero-order valence-electron chi connectivity index (χ0n) is 15.3. The van der Waals surface area contributed by atoms with E-state index in [-0.39, 0.29) is 34.3 Å². The van der Waals surface area contributed by atoms with Gasteiger partial charge in [0.15, 0.2) is 19.7 Å². The van der Waals surface area contributed by atoms with Gasteiger partial charge in [-0.3, -0.25) is 0 Å². The quantitative estimate of drug-likeness (QED) is 0.654. The molecule has 0 spiro atoms. The smallest absolute Gasteiger partial charge is 0.237 e. The van der Waals surface area contributed by atoms with Crippen molar-refractivity contribution in [3.63, 3.8) is 0 Å². The molecule has 3 rings (SSSR count). The van der Waals surface area contributed by atoms with Crippen LogP contribution in [0.15, 0.2) is 23.1 Å². The Bertz CT molecular complexity index is 1050. The summed E-state index contributed by atoms with van der Waals surface area (Å²) >= 11 is 0. The van der Waals surface area contributed by atoms with Crippen molar-refractivity contribution < 1.29 is 25.3 Å². The molecule has 0 aliphatic carbocycles. The fourth-order valence-electron chi connectivity index (χ4n) is 3.40. The van der Waals surface area contributed by atoms with E-state index in [9.17, 15) is 25.3 Å². The number of nitrogens with zero attached hydrogens (tertiary/aromatic N) is 1. The van der Waals surface area contributed by atoms with Crippen molar-refractivity contribution in [2.45, 2.75) is 43.7 Å². The fourth-order valence-corrected chi connectivity index (χ4v) is 8.51. The average Bonchev–Trinajstić information content (AvgIpc) is 3.08. The Morgan fingerprint density at radius 3 is 2.11 bits per heavy atom. The third-order valence-corrected chi connectivity index (χ3v) is 10.4. The minimum Gasteiger partial charge on any atom is -0.237 e. The van der Waals surface area contributed by atoms with Crippen molar-refractivity contribution in [2.75, 3.05) is 23.0 Å².